The van der Waals surface area contributed by atoms with Gasteiger partial charge in [-0.3, -0.25) is 33.6 Å². The van der Waals surface area contributed by atoms with Gasteiger partial charge >= 0.3 is 11.9 Å². The van der Waals surface area contributed by atoms with Gasteiger partial charge in [0.25, 0.3) is 0 Å². The monoisotopic (exact) mass is 776 g/mol. The molecule has 9 atom stereocenters. The number of hydrogen-bond donors (Lipinski definition) is 11. The molecule has 1 fully saturated rings. The fourth-order valence-electron chi connectivity index (χ4n) is 6.06. The lowest BCUT2D eigenvalue weighted by molar-refractivity contribution is -0.152. The van der Waals surface area contributed by atoms with Crippen LogP contribution in [-0.4, -0.2) is 144 Å². The number of nitrogens with one attached hydrogen (secondary N) is 6. The number of likely N-dealkylation sites (tertiary alicyclic amines) is 1. The summed E-state index contributed by atoms with van der Waals surface area (Å²) in [4.78, 5) is 109. The Kier molecular flexibility index (Phi) is 13.6. The first-order valence-corrected chi connectivity index (χ1v) is 18.0. The van der Waals surface area contributed by atoms with Gasteiger partial charge < -0.3 is 62.6 Å². The maximum atomic E-state index is 14.0. The highest BCUT2D eigenvalue weighted by molar-refractivity contribution is 7.99. The number of carboxylic acid groups (broad SMARTS) is 2. The number of para-hydroxylation sites is 1. The number of nitrogens with zero attached hydrogens (tertiary/aromatic N) is 1. The molecule has 12 N–H and O–H groups in total. The number of aromatic amines is 1. The van der Waals surface area contributed by atoms with E-state index in [1.807, 2.05) is 0 Å². The fraction of sp³-hybridized carbons (Fsp3) is 0.515. The van der Waals surface area contributed by atoms with Crippen molar-refractivity contribution >= 4 is 70.0 Å². The molecule has 2 aromatic rings. The summed E-state index contributed by atoms with van der Waals surface area (Å²) in [5.74, 6) is -8.98. The Morgan fingerprint density at radius 3 is 2.30 bits per heavy atom. The topological polar surface area (TPSA) is 323 Å². The van der Waals surface area contributed by atoms with Crippen LogP contribution >= 0.6 is 11.8 Å². The molecule has 0 saturated carbocycles. The molecule has 54 heavy (non-hydrogen) atoms. The van der Waals surface area contributed by atoms with Gasteiger partial charge in [-0.25, -0.2) is 4.79 Å². The summed E-state index contributed by atoms with van der Waals surface area (Å²) in [5, 5.41) is 53.1. The van der Waals surface area contributed by atoms with E-state index in [1.165, 1.54) is 20.8 Å². The Bertz CT molecular complexity index is 1800. The molecule has 0 bridgehead atoms. The van der Waals surface area contributed by atoms with Crippen molar-refractivity contribution in [2.75, 3.05) is 12.3 Å². The minimum Gasteiger partial charge on any atom is -0.481 e. The van der Waals surface area contributed by atoms with E-state index < -0.39 is 108 Å². The zero-order chi connectivity index (χ0) is 40.0. The molecule has 21 heteroatoms. The standard InChI is InChI=1S/C33H44N8O12S/c1-13(34)26(46)36-19-10-17-16-6-4-5-7-18(16)39-31(17)54-12-21(32(51)41-9-8-22(43)25(41)33(52)53)38-30(50)24(15(3)42)40-27(47)14(2)35-28(48)20(11-23(44)45)37-29(19)49/h4-7,13-15,19-22,24-25,39,42-43H,8-12,34H2,1-3H3,(H,35,48)(H,36,46)(H,37,49)(H,38,50)(H,40,47)(H,44,45)(H,52,53)/t13-,14-,15+,19-,20-,21-,22-,24+,25-/m0/s1. The van der Waals surface area contributed by atoms with Gasteiger partial charge in [-0.05, 0) is 38.8 Å². The van der Waals surface area contributed by atoms with Crippen molar-refractivity contribution in [1.29, 1.82) is 0 Å². The minimum absolute atomic E-state index is 0.0530. The first-order valence-electron chi connectivity index (χ1n) is 17.0. The molecular weight excluding hydrogens is 732 g/mol. The molecule has 2 aliphatic heterocycles. The normalized spacial score (nSPS) is 27.2. The van der Waals surface area contributed by atoms with E-state index >= 15 is 0 Å². The van der Waals surface area contributed by atoms with Gasteiger partial charge in [0, 0.05) is 29.6 Å². The Balaban J connectivity index is 1.84. The number of aliphatic hydroxyl groups excluding tert-OH is 2. The third kappa shape index (κ3) is 9.83. The minimum atomic E-state index is -1.74. The van der Waals surface area contributed by atoms with Crippen molar-refractivity contribution in [3.63, 3.8) is 0 Å². The van der Waals surface area contributed by atoms with E-state index in [4.69, 9.17) is 5.73 Å². The van der Waals surface area contributed by atoms with E-state index in [0.29, 0.717) is 21.5 Å². The zero-order valence-electron chi connectivity index (χ0n) is 29.5. The van der Waals surface area contributed by atoms with Crippen LogP contribution in [0.25, 0.3) is 10.9 Å². The molecular formula is C33H44N8O12S. The Morgan fingerprint density at radius 1 is 0.981 bits per heavy atom. The fourth-order valence-corrected chi connectivity index (χ4v) is 7.17. The SMILES string of the molecule is C[C@H](N)C(=O)N[C@H]1Cc2c([nH]c3ccccc23)SC[C@@H](C(=O)N2CC[C@H](O)[C@H]2C(=O)O)NC(=O)[C@@H]([C@@H](C)O)NC(=O)[C@H](C)NC(=O)[C@H](CC(=O)O)NC1=O. The van der Waals surface area contributed by atoms with Crippen molar-refractivity contribution in [3.05, 3.63) is 29.8 Å². The average molecular weight is 777 g/mol. The lowest BCUT2D eigenvalue weighted by Gasteiger charge is -2.30. The Labute approximate surface area is 312 Å². The number of H-pyrrole nitrogens is 1. The van der Waals surface area contributed by atoms with Crippen molar-refractivity contribution in [2.24, 2.45) is 5.73 Å². The van der Waals surface area contributed by atoms with Crippen LogP contribution in [0, 0.1) is 0 Å². The van der Waals surface area contributed by atoms with E-state index in [-0.39, 0.29) is 25.1 Å². The van der Waals surface area contributed by atoms with Gasteiger partial charge in [0.05, 0.1) is 29.7 Å². The second-order valence-electron chi connectivity index (χ2n) is 13.2. The number of benzene rings is 1. The molecule has 0 radical (unpaired) electrons. The Morgan fingerprint density at radius 2 is 1.67 bits per heavy atom. The zero-order valence-corrected chi connectivity index (χ0v) is 30.3. The van der Waals surface area contributed by atoms with Crippen LogP contribution in [0.1, 0.15) is 39.2 Å². The van der Waals surface area contributed by atoms with Crippen LogP contribution < -0.4 is 32.3 Å². The maximum absolute atomic E-state index is 14.0. The molecule has 3 heterocycles. The Hall–Kier alpha value is -5.25. The summed E-state index contributed by atoms with van der Waals surface area (Å²) in [6, 6.07) is -3.70. The first-order chi connectivity index (χ1) is 25.4. The second-order valence-corrected chi connectivity index (χ2v) is 14.2. The average Bonchev–Trinajstić information content (AvgIpc) is 3.66. The molecule has 20 nitrogen and oxygen atoms in total. The molecule has 2 aliphatic rings. The number of aliphatic carboxylic acids is 2. The van der Waals surface area contributed by atoms with Crippen LogP contribution in [0.2, 0.25) is 0 Å². The number of rotatable bonds is 7. The van der Waals surface area contributed by atoms with Gasteiger partial charge in [0.2, 0.25) is 35.4 Å². The van der Waals surface area contributed by atoms with Gasteiger partial charge in [-0.1, -0.05) is 18.2 Å². The molecule has 1 saturated heterocycles. The quantitative estimate of drug-likeness (QED) is 0.130. The van der Waals surface area contributed by atoms with Crippen LogP contribution in [0.15, 0.2) is 29.3 Å². The van der Waals surface area contributed by atoms with E-state index in [1.54, 1.807) is 24.3 Å². The first kappa shape index (κ1) is 41.5. The van der Waals surface area contributed by atoms with E-state index in [9.17, 15) is 58.8 Å². The number of thioether (sulfide) groups is 1. The largest absolute Gasteiger partial charge is 0.481 e. The lowest BCUT2D eigenvalue weighted by Crippen LogP contribution is -2.61. The van der Waals surface area contributed by atoms with Gasteiger partial charge in [0.15, 0.2) is 6.04 Å². The number of nitrogens with two attached hydrogens (primary N) is 1. The highest BCUT2D eigenvalue weighted by Gasteiger charge is 2.44. The number of aromatic nitrogens is 1. The molecule has 0 aliphatic carbocycles. The van der Waals surface area contributed by atoms with Crippen LogP contribution in [-0.2, 0) is 44.8 Å². The van der Waals surface area contributed by atoms with Gasteiger partial charge in [-0.2, -0.15) is 0 Å². The number of carboxylic acids is 2. The van der Waals surface area contributed by atoms with Crippen molar-refractivity contribution in [2.45, 2.75) is 99.6 Å². The molecule has 0 spiro atoms. The molecule has 4 rings (SSSR count). The predicted octanol–water partition coefficient (Wildman–Crippen LogP) is -3.49. The van der Waals surface area contributed by atoms with Crippen molar-refractivity contribution in [1.82, 2.24) is 36.5 Å². The summed E-state index contributed by atoms with van der Waals surface area (Å²) in [5.41, 5.74) is 6.77. The van der Waals surface area contributed by atoms with Gasteiger partial charge in [-0.15, -0.1) is 11.8 Å². The summed E-state index contributed by atoms with van der Waals surface area (Å²) in [6.07, 6.45) is -4.18. The van der Waals surface area contributed by atoms with Crippen LogP contribution in [0.5, 0.6) is 0 Å². The van der Waals surface area contributed by atoms with Crippen molar-refractivity contribution < 1.29 is 58.8 Å². The summed E-state index contributed by atoms with van der Waals surface area (Å²) >= 11 is 0.984. The number of amides is 6. The third-order valence-corrected chi connectivity index (χ3v) is 10.1. The number of aliphatic hydroxyl groups is 2. The smallest absolute Gasteiger partial charge is 0.329 e. The summed E-state index contributed by atoms with van der Waals surface area (Å²) in [7, 11) is 0. The molecule has 1 aromatic heterocycles. The second kappa shape index (κ2) is 17.7. The summed E-state index contributed by atoms with van der Waals surface area (Å²) < 4.78 is 0. The number of carbonyl (C=O) groups excluding carboxylic acids is 6. The summed E-state index contributed by atoms with van der Waals surface area (Å²) in [6.45, 7) is 3.59. The molecule has 1 aromatic carbocycles. The lowest BCUT2D eigenvalue weighted by atomic mass is 10.0. The predicted molar refractivity (Wildman–Crippen MR) is 189 cm³/mol. The number of hydrogen-bond acceptors (Lipinski definition) is 12. The van der Waals surface area contributed by atoms with Gasteiger partial charge in [0.1, 0.15) is 30.2 Å². The highest BCUT2D eigenvalue weighted by atomic mass is 32.2. The third-order valence-electron chi connectivity index (χ3n) is 8.97. The molecule has 0 unspecified atom stereocenters. The van der Waals surface area contributed by atoms with E-state index in [0.717, 1.165) is 16.7 Å². The number of fused-ring (bicyclic) bond motifs is 3. The van der Waals surface area contributed by atoms with Crippen molar-refractivity contribution in [3.8, 4) is 0 Å². The van der Waals surface area contributed by atoms with Crippen LogP contribution in [0.4, 0.5) is 0 Å². The highest BCUT2D eigenvalue weighted by Crippen LogP contribution is 2.32. The van der Waals surface area contributed by atoms with Crippen LogP contribution in [0.3, 0.4) is 0 Å². The molecule has 6 amide bonds. The maximum Gasteiger partial charge on any atom is 0.329 e. The number of carbonyl (C=O) groups is 8. The molecule has 294 valence electrons. The van der Waals surface area contributed by atoms with E-state index in [2.05, 4.69) is 31.6 Å².